The molecule has 1 aliphatic heterocycles. The van der Waals surface area contributed by atoms with Crippen LogP contribution in [0.15, 0.2) is 53.0 Å². The SMILES string of the molecule is C[C@H](C(=O)Nc1cccc(Br)c1)N1CCc2ccccc21. The molecule has 3 rings (SSSR count). The number of carbonyl (C=O) groups excluding carboxylic acids is 1. The van der Waals surface area contributed by atoms with Crippen LogP contribution < -0.4 is 10.2 Å². The molecule has 0 saturated carbocycles. The number of nitrogens with one attached hydrogen (secondary N) is 1. The van der Waals surface area contributed by atoms with Crippen molar-refractivity contribution in [3.63, 3.8) is 0 Å². The normalized spacial score (nSPS) is 14.7. The zero-order valence-electron chi connectivity index (χ0n) is 11.8. The number of anilines is 2. The molecule has 1 heterocycles. The molecule has 0 bridgehead atoms. The molecule has 0 aliphatic carbocycles. The Bertz CT molecular complexity index is 671. The number of rotatable bonds is 3. The van der Waals surface area contributed by atoms with Gasteiger partial charge in [0.05, 0.1) is 0 Å². The van der Waals surface area contributed by atoms with Crippen LogP contribution in [0.4, 0.5) is 11.4 Å². The molecule has 0 spiro atoms. The summed E-state index contributed by atoms with van der Waals surface area (Å²) in [5, 5.41) is 2.98. The first kappa shape index (κ1) is 14.1. The molecule has 0 saturated heterocycles. The summed E-state index contributed by atoms with van der Waals surface area (Å²) in [6.07, 6.45) is 1.00. The van der Waals surface area contributed by atoms with Gasteiger partial charge in [0.15, 0.2) is 0 Å². The van der Waals surface area contributed by atoms with Crippen LogP contribution in [0.25, 0.3) is 0 Å². The molecule has 3 nitrogen and oxygen atoms in total. The van der Waals surface area contributed by atoms with Gasteiger partial charge in [-0.3, -0.25) is 4.79 Å². The van der Waals surface area contributed by atoms with E-state index < -0.39 is 0 Å². The number of carbonyl (C=O) groups is 1. The number of halogens is 1. The van der Waals surface area contributed by atoms with Crippen molar-refractivity contribution in [2.45, 2.75) is 19.4 Å². The van der Waals surface area contributed by atoms with Crippen LogP contribution in [0, 0.1) is 0 Å². The second kappa shape index (κ2) is 5.90. The van der Waals surface area contributed by atoms with Crippen molar-refractivity contribution >= 4 is 33.2 Å². The predicted molar refractivity (Wildman–Crippen MR) is 89.7 cm³/mol. The van der Waals surface area contributed by atoms with E-state index in [0.29, 0.717) is 0 Å². The van der Waals surface area contributed by atoms with E-state index in [0.717, 1.165) is 23.1 Å². The summed E-state index contributed by atoms with van der Waals surface area (Å²) in [5.74, 6) is 0.0183. The van der Waals surface area contributed by atoms with E-state index in [1.54, 1.807) is 0 Å². The van der Waals surface area contributed by atoms with E-state index in [1.165, 1.54) is 11.3 Å². The van der Waals surface area contributed by atoms with Crippen LogP contribution in [0.2, 0.25) is 0 Å². The standard InChI is InChI=1S/C17H17BrN2O/c1-12(17(21)19-15-7-4-6-14(18)11-15)20-10-9-13-5-2-3-8-16(13)20/h2-8,11-12H,9-10H2,1H3,(H,19,21)/t12-/m1/s1. The average molecular weight is 345 g/mol. The molecule has 0 aromatic heterocycles. The molecule has 1 amide bonds. The molecule has 1 atom stereocenters. The van der Waals surface area contributed by atoms with Crippen molar-refractivity contribution in [3.8, 4) is 0 Å². The first-order valence-electron chi connectivity index (χ1n) is 7.06. The minimum Gasteiger partial charge on any atom is -0.359 e. The smallest absolute Gasteiger partial charge is 0.246 e. The Morgan fingerprint density at radius 2 is 2.05 bits per heavy atom. The lowest BCUT2D eigenvalue weighted by Crippen LogP contribution is -2.41. The minimum absolute atomic E-state index is 0.0183. The van der Waals surface area contributed by atoms with Crippen molar-refractivity contribution in [2.75, 3.05) is 16.8 Å². The maximum atomic E-state index is 12.5. The number of para-hydroxylation sites is 1. The maximum Gasteiger partial charge on any atom is 0.246 e. The highest BCUT2D eigenvalue weighted by molar-refractivity contribution is 9.10. The summed E-state index contributed by atoms with van der Waals surface area (Å²) in [6.45, 7) is 2.85. The van der Waals surface area contributed by atoms with Crippen molar-refractivity contribution in [1.29, 1.82) is 0 Å². The van der Waals surface area contributed by atoms with Crippen molar-refractivity contribution < 1.29 is 4.79 Å². The summed E-state index contributed by atoms with van der Waals surface area (Å²) in [7, 11) is 0. The van der Waals surface area contributed by atoms with E-state index in [9.17, 15) is 4.79 Å². The molecule has 0 radical (unpaired) electrons. The Balaban J connectivity index is 1.74. The average Bonchev–Trinajstić information content (AvgIpc) is 2.90. The third-order valence-corrected chi connectivity index (χ3v) is 4.36. The minimum atomic E-state index is -0.187. The molecule has 4 heteroatoms. The van der Waals surface area contributed by atoms with Gasteiger partial charge in [-0.05, 0) is 43.2 Å². The van der Waals surface area contributed by atoms with Crippen LogP contribution in [-0.4, -0.2) is 18.5 Å². The molecule has 1 aliphatic rings. The first-order valence-corrected chi connectivity index (χ1v) is 7.85. The predicted octanol–water partition coefficient (Wildman–Crippen LogP) is 3.84. The third-order valence-electron chi connectivity index (χ3n) is 3.86. The van der Waals surface area contributed by atoms with Crippen LogP contribution in [-0.2, 0) is 11.2 Å². The second-order valence-corrected chi connectivity index (χ2v) is 6.16. The summed E-state index contributed by atoms with van der Waals surface area (Å²) < 4.78 is 0.958. The van der Waals surface area contributed by atoms with Crippen LogP contribution in [0.3, 0.4) is 0 Å². The number of hydrogen-bond acceptors (Lipinski definition) is 2. The topological polar surface area (TPSA) is 32.3 Å². The molecule has 2 aromatic rings. The van der Waals surface area contributed by atoms with Crippen molar-refractivity contribution in [1.82, 2.24) is 0 Å². The van der Waals surface area contributed by atoms with Gasteiger partial charge in [0.25, 0.3) is 0 Å². The lowest BCUT2D eigenvalue weighted by atomic mass is 10.1. The fourth-order valence-electron chi connectivity index (χ4n) is 2.72. The second-order valence-electron chi connectivity index (χ2n) is 5.25. The Hall–Kier alpha value is -1.81. The van der Waals surface area contributed by atoms with Crippen LogP contribution in [0.5, 0.6) is 0 Å². The largest absolute Gasteiger partial charge is 0.359 e. The van der Waals surface area contributed by atoms with Gasteiger partial charge in [0.2, 0.25) is 5.91 Å². The lowest BCUT2D eigenvalue weighted by molar-refractivity contribution is -0.117. The van der Waals surface area contributed by atoms with Gasteiger partial charge < -0.3 is 10.2 Å². The van der Waals surface area contributed by atoms with Gasteiger partial charge in [-0.15, -0.1) is 0 Å². The summed E-state index contributed by atoms with van der Waals surface area (Å²) in [6, 6.07) is 15.8. The molecule has 108 valence electrons. The van der Waals surface area contributed by atoms with Gasteiger partial charge in [-0.1, -0.05) is 40.2 Å². The monoisotopic (exact) mass is 344 g/mol. The molecule has 21 heavy (non-hydrogen) atoms. The van der Waals surface area contributed by atoms with E-state index in [4.69, 9.17) is 0 Å². The van der Waals surface area contributed by atoms with Gasteiger partial charge in [0, 0.05) is 22.4 Å². The highest BCUT2D eigenvalue weighted by Gasteiger charge is 2.27. The summed E-state index contributed by atoms with van der Waals surface area (Å²) in [5.41, 5.74) is 3.31. The number of fused-ring (bicyclic) bond motifs is 1. The highest BCUT2D eigenvalue weighted by atomic mass is 79.9. The number of benzene rings is 2. The molecular formula is C17H17BrN2O. The highest BCUT2D eigenvalue weighted by Crippen LogP contribution is 2.29. The first-order chi connectivity index (χ1) is 10.1. The van der Waals surface area contributed by atoms with Gasteiger partial charge in [-0.2, -0.15) is 0 Å². The Morgan fingerprint density at radius 3 is 2.86 bits per heavy atom. The molecular weight excluding hydrogens is 328 g/mol. The molecule has 2 aromatic carbocycles. The van der Waals surface area contributed by atoms with Gasteiger partial charge in [-0.25, -0.2) is 0 Å². The quantitative estimate of drug-likeness (QED) is 0.917. The third kappa shape index (κ3) is 2.95. The fraction of sp³-hybridized carbons (Fsp3) is 0.235. The van der Waals surface area contributed by atoms with E-state index in [-0.39, 0.29) is 11.9 Å². The Labute approximate surface area is 133 Å². The fourth-order valence-corrected chi connectivity index (χ4v) is 3.12. The molecule has 1 N–H and O–H groups in total. The van der Waals surface area contributed by atoms with E-state index >= 15 is 0 Å². The van der Waals surface area contributed by atoms with Gasteiger partial charge >= 0.3 is 0 Å². The molecule has 0 unspecified atom stereocenters. The summed E-state index contributed by atoms with van der Waals surface area (Å²) >= 11 is 3.42. The van der Waals surface area contributed by atoms with E-state index in [1.807, 2.05) is 37.3 Å². The van der Waals surface area contributed by atoms with E-state index in [2.05, 4.69) is 44.3 Å². The van der Waals surface area contributed by atoms with Crippen LogP contribution in [0.1, 0.15) is 12.5 Å². The summed E-state index contributed by atoms with van der Waals surface area (Å²) in [4.78, 5) is 14.6. The Kier molecular flexibility index (Phi) is 3.97. The van der Waals surface area contributed by atoms with Crippen LogP contribution >= 0.6 is 15.9 Å². The van der Waals surface area contributed by atoms with Crippen molar-refractivity contribution in [3.05, 3.63) is 58.6 Å². The zero-order chi connectivity index (χ0) is 14.8. The molecule has 0 fully saturated rings. The Morgan fingerprint density at radius 1 is 1.24 bits per heavy atom. The maximum absolute atomic E-state index is 12.5. The zero-order valence-corrected chi connectivity index (χ0v) is 13.4. The number of nitrogens with zero attached hydrogens (tertiary/aromatic N) is 1. The van der Waals surface area contributed by atoms with Gasteiger partial charge in [0.1, 0.15) is 6.04 Å². The van der Waals surface area contributed by atoms with Crippen molar-refractivity contribution in [2.24, 2.45) is 0 Å². The number of amides is 1. The number of hydrogen-bond donors (Lipinski definition) is 1. The lowest BCUT2D eigenvalue weighted by Gasteiger charge is -2.26.